The van der Waals surface area contributed by atoms with Crippen molar-refractivity contribution in [2.45, 2.75) is 25.3 Å². The lowest BCUT2D eigenvalue weighted by Gasteiger charge is -2.22. The van der Waals surface area contributed by atoms with E-state index in [1.807, 2.05) is 0 Å². The van der Waals surface area contributed by atoms with Gasteiger partial charge in [-0.1, -0.05) is 0 Å². The van der Waals surface area contributed by atoms with Gasteiger partial charge in [-0.15, -0.1) is 0 Å². The van der Waals surface area contributed by atoms with E-state index in [1.165, 1.54) is 24.3 Å². The lowest BCUT2D eigenvalue weighted by Crippen LogP contribution is -2.35. The molecule has 5 heteroatoms. The Kier molecular flexibility index (Phi) is 3.82. The Labute approximate surface area is 88.3 Å². The van der Waals surface area contributed by atoms with E-state index < -0.39 is 0 Å². The minimum absolute atomic E-state index is 0.705. The highest BCUT2D eigenvalue weighted by molar-refractivity contribution is 7.99. The van der Waals surface area contributed by atoms with E-state index in [2.05, 4.69) is 32.3 Å². The summed E-state index contributed by atoms with van der Waals surface area (Å²) in [4.78, 5) is 4.09. The summed E-state index contributed by atoms with van der Waals surface area (Å²) in [6.07, 6.45) is 5.18. The van der Waals surface area contributed by atoms with Crippen LogP contribution in [0.4, 0.5) is 0 Å². The van der Waals surface area contributed by atoms with Crippen molar-refractivity contribution >= 4 is 11.8 Å². The highest BCUT2D eigenvalue weighted by Gasteiger charge is 2.12. The van der Waals surface area contributed by atoms with E-state index in [4.69, 9.17) is 0 Å². The van der Waals surface area contributed by atoms with Crippen molar-refractivity contribution in [3.05, 3.63) is 12.2 Å². The third-order valence-electron chi connectivity index (χ3n) is 2.42. The van der Waals surface area contributed by atoms with Crippen LogP contribution in [-0.4, -0.2) is 39.3 Å². The average Bonchev–Trinajstić information content (AvgIpc) is 2.72. The summed E-state index contributed by atoms with van der Waals surface area (Å²) in [5.41, 5.74) is 0. The summed E-state index contributed by atoms with van der Waals surface area (Å²) in [7, 11) is 0. The minimum Gasteiger partial charge on any atom is -0.313 e. The first-order valence-electron chi connectivity index (χ1n) is 5.10. The predicted molar refractivity (Wildman–Crippen MR) is 58.4 cm³/mol. The molecule has 2 heterocycles. The van der Waals surface area contributed by atoms with Gasteiger partial charge in [-0.3, -0.25) is 5.10 Å². The standard InChI is InChI=1S/C9H16N4S/c1-2-8(6-14-5-1)10-4-3-9-11-7-12-13-9/h7-8,10H,1-6H2,(H,11,12,13). The molecule has 78 valence electrons. The second kappa shape index (κ2) is 5.36. The highest BCUT2D eigenvalue weighted by atomic mass is 32.2. The van der Waals surface area contributed by atoms with Crippen LogP contribution in [-0.2, 0) is 6.42 Å². The van der Waals surface area contributed by atoms with Gasteiger partial charge < -0.3 is 5.32 Å². The van der Waals surface area contributed by atoms with E-state index in [-0.39, 0.29) is 0 Å². The first-order chi connectivity index (χ1) is 6.95. The van der Waals surface area contributed by atoms with Crippen molar-refractivity contribution in [1.82, 2.24) is 20.5 Å². The summed E-state index contributed by atoms with van der Waals surface area (Å²) in [5.74, 6) is 3.57. The molecule has 4 nitrogen and oxygen atoms in total. The summed E-state index contributed by atoms with van der Waals surface area (Å²) >= 11 is 2.05. The summed E-state index contributed by atoms with van der Waals surface area (Å²) in [6.45, 7) is 1.00. The summed E-state index contributed by atoms with van der Waals surface area (Å²) < 4.78 is 0. The molecule has 0 radical (unpaired) electrons. The lowest BCUT2D eigenvalue weighted by molar-refractivity contribution is 0.508. The van der Waals surface area contributed by atoms with E-state index in [9.17, 15) is 0 Å². The fourth-order valence-electron chi connectivity index (χ4n) is 1.65. The normalized spacial score (nSPS) is 22.4. The van der Waals surface area contributed by atoms with Crippen molar-refractivity contribution in [3.63, 3.8) is 0 Å². The van der Waals surface area contributed by atoms with Gasteiger partial charge in [0.15, 0.2) is 0 Å². The zero-order valence-electron chi connectivity index (χ0n) is 8.20. The molecule has 1 fully saturated rings. The van der Waals surface area contributed by atoms with Gasteiger partial charge in [0.1, 0.15) is 12.2 Å². The molecule has 0 aliphatic carbocycles. The largest absolute Gasteiger partial charge is 0.313 e. The van der Waals surface area contributed by atoms with Crippen LogP contribution in [0.15, 0.2) is 6.33 Å². The van der Waals surface area contributed by atoms with Crippen LogP contribution in [0.3, 0.4) is 0 Å². The molecule has 0 saturated carbocycles. The number of H-pyrrole nitrogens is 1. The molecular formula is C9H16N4S. The molecule has 1 unspecified atom stereocenters. The number of aromatic amines is 1. The zero-order chi connectivity index (χ0) is 9.64. The Hall–Kier alpha value is -0.550. The van der Waals surface area contributed by atoms with Crippen molar-refractivity contribution in [2.24, 2.45) is 0 Å². The Bertz CT molecular complexity index is 243. The zero-order valence-corrected chi connectivity index (χ0v) is 9.02. The van der Waals surface area contributed by atoms with E-state index in [0.29, 0.717) is 6.04 Å². The van der Waals surface area contributed by atoms with Gasteiger partial charge in [-0.25, -0.2) is 4.98 Å². The van der Waals surface area contributed by atoms with Crippen molar-refractivity contribution in [1.29, 1.82) is 0 Å². The van der Waals surface area contributed by atoms with Crippen LogP contribution in [0.1, 0.15) is 18.7 Å². The molecule has 1 aliphatic heterocycles. The molecule has 0 aromatic carbocycles. The van der Waals surface area contributed by atoms with Crippen LogP contribution >= 0.6 is 11.8 Å². The number of hydrogen-bond donors (Lipinski definition) is 2. The number of nitrogens with zero attached hydrogens (tertiary/aromatic N) is 2. The molecule has 1 aromatic rings. The molecule has 0 bridgehead atoms. The van der Waals surface area contributed by atoms with Crippen molar-refractivity contribution in [2.75, 3.05) is 18.1 Å². The third kappa shape index (κ3) is 2.99. The van der Waals surface area contributed by atoms with E-state index in [1.54, 1.807) is 6.33 Å². The van der Waals surface area contributed by atoms with Gasteiger partial charge in [0.2, 0.25) is 0 Å². The van der Waals surface area contributed by atoms with E-state index in [0.717, 1.165) is 18.8 Å². The molecule has 2 N–H and O–H groups in total. The Balaban J connectivity index is 1.62. The van der Waals surface area contributed by atoms with Crippen molar-refractivity contribution in [3.8, 4) is 0 Å². The molecule has 0 spiro atoms. The van der Waals surface area contributed by atoms with E-state index >= 15 is 0 Å². The van der Waals surface area contributed by atoms with Gasteiger partial charge >= 0.3 is 0 Å². The van der Waals surface area contributed by atoms with Gasteiger partial charge in [-0.2, -0.15) is 16.9 Å². The van der Waals surface area contributed by atoms with Crippen molar-refractivity contribution < 1.29 is 0 Å². The van der Waals surface area contributed by atoms with Crippen LogP contribution < -0.4 is 5.32 Å². The monoisotopic (exact) mass is 212 g/mol. The molecule has 0 amide bonds. The molecule has 2 rings (SSSR count). The van der Waals surface area contributed by atoms with Gasteiger partial charge in [0, 0.05) is 24.8 Å². The first kappa shape index (κ1) is 9.98. The number of rotatable bonds is 4. The summed E-state index contributed by atoms with van der Waals surface area (Å²) in [5, 5.41) is 10.2. The fourth-order valence-corrected chi connectivity index (χ4v) is 2.75. The van der Waals surface area contributed by atoms with Crippen LogP contribution in [0.5, 0.6) is 0 Å². The highest BCUT2D eigenvalue weighted by Crippen LogP contribution is 2.16. The fraction of sp³-hybridized carbons (Fsp3) is 0.778. The van der Waals surface area contributed by atoms with Gasteiger partial charge in [0.25, 0.3) is 0 Å². The average molecular weight is 212 g/mol. The number of thioether (sulfide) groups is 1. The third-order valence-corrected chi connectivity index (χ3v) is 3.64. The summed E-state index contributed by atoms with van der Waals surface area (Å²) in [6, 6.07) is 0.705. The number of aromatic nitrogens is 3. The van der Waals surface area contributed by atoms with Gasteiger partial charge in [-0.05, 0) is 18.6 Å². The minimum atomic E-state index is 0.705. The second-order valence-corrected chi connectivity index (χ2v) is 4.70. The Morgan fingerprint density at radius 3 is 3.36 bits per heavy atom. The van der Waals surface area contributed by atoms with Crippen LogP contribution in [0, 0.1) is 0 Å². The smallest absolute Gasteiger partial charge is 0.137 e. The molecule has 1 aliphatic rings. The second-order valence-electron chi connectivity index (χ2n) is 3.55. The number of nitrogens with one attached hydrogen (secondary N) is 2. The maximum absolute atomic E-state index is 4.09. The quantitative estimate of drug-likeness (QED) is 0.776. The number of hydrogen-bond acceptors (Lipinski definition) is 4. The maximum atomic E-state index is 4.09. The molecule has 1 aromatic heterocycles. The predicted octanol–water partition coefficient (Wildman–Crippen LogP) is 0.832. The topological polar surface area (TPSA) is 53.6 Å². The first-order valence-corrected chi connectivity index (χ1v) is 6.26. The Morgan fingerprint density at radius 2 is 2.64 bits per heavy atom. The molecular weight excluding hydrogens is 196 g/mol. The van der Waals surface area contributed by atoms with Crippen LogP contribution in [0.2, 0.25) is 0 Å². The van der Waals surface area contributed by atoms with Gasteiger partial charge in [0.05, 0.1) is 0 Å². The lowest BCUT2D eigenvalue weighted by atomic mass is 10.2. The maximum Gasteiger partial charge on any atom is 0.137 e. The molecule has 1 atom stereocenters. The van der Waals surface area contributed by atoms with Crippen LogP contribution in [0.25, 0.3) is 0 Å². The molecule has 1 saturated heterocycles. The Morgan fingerprint density at radius 1 is 1.64 bits per heavy atom. The molecule has 14 heavy (non-hydrogen) atoms. The SMILES string of the molecule is c1n[nH]c(CCNC2CCCSC2)n1.